The third-order valence-corrected chi connectivity index (χ3v) is 10.4. The van der Waals surface area contributed by atoms with Crippen molar-refractivity contribution in [2.75, 3.05) is 0 Å². The van der Waals surface area contributed by atoms with Gasteiger partial charge in [-0.05, 0) is 86.5 Å². The first kappa shape index (κ1) is 20.8. The summed E-state index contributed by atoms with van der Waals surface area (Å²) < 4.78 is 6.17. The van der Waals surface area contributed by atoms with Crippen LogP contribution in [0.5, 0.6) is 0 Å². The summed E-state index contributed by atoms with van der Waals surface area (Å²) in [6.45, 7) is 4.87. The smallest absolute Gasteiger partial charge is 0.306 e. The van der Waals surface area contributed by atoms with Crippen LogP contribution in [-0.4, -0.2) is 17.9 Å². The number of fused-ring (bicyclic) bond motifs is 5. The van der Waals surface area contributed by atoms with E-state index in [4.69, 9.17) is 4.74 Å². The minimum atomic E-state index is 0.0579. The van der Waals surface area contributed by atoms with Crippen molar-refractivity contribution in [3.05, 3.63) is 11.6 Å². The van der Waals surface area contributed by atoms with E-state index in [1.807, 2.05) is 6.08 Å². The summed E-state index contributed by atoms with van der Waals surface area (Å²) in [5, 5.41) is 0. The third-order valence-electron chi connectivity index (χ3n) is 10.4. The number of ether oxygens (including phenoxy) is 1. The van der Waals surface area contributed by atoms with Crippen molar-refractivity contribution in [1.29, 1.82) is 0 Å². The summed E-state index contributed by atoms with van der Waals surface area (Å²) in [6.07, 6.45) is 17.8. The monoisotopic (exact) mass is 412 g/mol. The number of rotatable bonds is 4. The highest BCUT2D eigenvalue weighted by Crippen LogP contribution is 2.65. The van der Waals surface area contributed by atoms with E-state index in [-0.39, 0.29) is 22.9 Å². The molecule has 0 saturated heterocycles. The molecule has 0 amide bonds. The maximum atomic E-state index is 12.7. The van der Waals surface area contributed by atoms with Gasteiger partial charge in [-0.15, -0.1) is 0 Å². The second-order valence-corrected chi connectivity index (χ2v) is 11.8. The van der Waals surface area contributed by atoms with Gasteiger partial charge in [0.1, 0.15) is 6.10 Å². The van der Waals surface area contributed by atoms with E-state index >= 15 is 0 Å². The normalized spacial score (nSPS) is 43.5. The van der Waals surface area contributed by atoms with Gasteiger partial charge in [-0.1, -0.05) is 45.1 Å². The van der Waals surface area contributed by atoms with E-state index in [2.05, 4.69) is 13.8 Å². The van der Waals surface area contributed by atoms with E-state index in [1.165, 1.54) is 56.9 Å². The number of hydrogen-bond acceptors (Lipinski definition) is 3. The van der Waals surface area contributed by atoms with Crippen molar-refractivity contribution in [2.45, 2.75) is 110 Å². The van der Waals surface area contributed by atoms with Crippen molar-refractivity contribution >= 4 is 11.8 Å². The van der Waals surface area contributed by atoms with E-state index < -0.39 is 0 Å². The van der Waals surface area contributed by atoms with Crippen LogP contribution in [0.25, 0.3) is 0 Å². The molecule has 0 heterocycles. The van der Waals surface area contributed by atoms with Gasteiger partial charge < -0.3 is 4.74 Å². The molecule has 5 aliphatic carbocycles. The maximum absolute atomic E-state index is 12.7. The number of allylic oxidation sites excluding steroid dienone is 1. The molecule has 3 heteroatoms. The van der Waals surface area contributed by atoms with Crippen LogP contribution in [-0.2, 0) is 14.3 Å². The van der Waals surface area contributed by atoms with Gasteiger partial charge in [0, 0.05) is 18.3 Å². The predicted octanol–water partition coefficient (Wildman–Crippen LogP) is 6.40. The zero-order chi connectivity index (χ0) is 20.9. The van der Waals surface area contributed by atoms with Gasteiger partial charge in [0.15, 0.2) is 5.78 Å². The number of esters is 1. The summed E-state index contributed by atoms with van der Waals surface area (Å²) in [5.74, 6) is 3.28. The van der Waals surface area contributed by atoms with E-state index in [9.17, 15) is 9.59 Å². The van der Waals surface area contributed by atoms with Crippen molar-refractivity contribution in [1.82, 2.24) is 0 Å². The lowest BCUT2D eigenvalue weighted by Crippen LogP contribution is -2.51. The van der Waals surface area contributed by atoms with Gasteiger partial charge in [0.05, 0.1) is 0 Å². The average Bonchev–Trinajstić information content (AvgIpc) is 3.35. The second kappa shape index (κ2) is 7.78. The number of ketones is 1. The Bertz CT molecular complexity index is 732. The molecule has 4 fully saturated rings. The molecule has 4 saturated carbocycles. The summed E-state index contributed by atoms with van der Waals surface area (Å²) in [7, 11) is 0. The molecule has 0 aromatic carbocycles. The third kappa shape index (κ3) is 3.39. The Hall–Kier alpha value is -1.12. The van der Waals surface area contributed by atoms with E-state index in [0.717, 1.165) is 43.9 Å². The first-order valence-electron chi connectivity index (χ1n) is 12.8. The van der Waals surface area contributed by atoms with E-state index in [1.54, 1.807) is 0 Å². The second-order valence-electron chi connectivity index (χ2n) is 11.8. The van der Waals surface area contributed by atoms with Crippen molar-refractivity contribution in [2.24, 2.45) is 34.5 Å². The number of carbonyl (C=O) groups is 2. The minimum absolute atomic E-state index is 0.0579. The Morgan fingerprint density at radius 2 is 1.80 bits per heavy atom. The largest absolute Gasteiger partial charge is 0.462 e. The number of hydrogen-bond donors (Lipinski definition) is 0. The molecule has 5 aliphatic rings. The lowest BCUT2D eigenvalue weighted by atomic mass is 9.47. The molecular weight excluding hydrogens is 372 g/mol. The Morgan fingerprint density at radius 1 is 1.00 bits per heavy atom. The minimum Gasteiger partial charge on any atom is -0.462 e. The van der Waals surface area contributed by atoms with Crippen LogP contribution in [0, 0.1) is 34.5 Å². The first-order valence-corrected chi connectivity index (χ1v) is 12.8. The molecule has 0 unspecified atom stereocenters. The maximum Gasteiger partial charge on any atom is 0.306 e. The van der Waals surface area contributed by atoms with Crippen LogP contribution in [0.3, 0.4) is 0 Å². The van der Waals surface area contributed by atoms with Crippen LogP contribution >= 0.6 is 0 Å². The Morgan fingerprint density at radius 3 is 2.60 bits per heavy atom. The average molecular weight is 413 g/mol. The lowest BCUT2D eigenvalue weighted by molar-refractivity contribution is -0.160. The van der Waals surface area contributed by atoms with Gasteiger partial charge in [-0.2, -0.15) is 0 Å². The van der Waals surface area contributed by atoms with Crippen LogP contribution in [0.2, 0.25) is 0 Å². The summed E-state index contributed by atoms with van der Waals surface area (Å²) in [5.41, 5.74) is 1.83. The van der Waals surface area contributed by atoms with Crippen molar-refractivity contribution in [3.8, 4) is 0 Å². The van der Waals surface area contributed by atoms with Gasteiger partial charge in [0.2, 0.25) is 0 Å². The summed E-state index contributed by atoms with van der Waals surface area (Å²) >= 11 is 0. The SMILES string of the molecule is C[C@]12CC[C@@H]3[C@@H](CCC4=CC(=O)CC[C@@]43C)[C@H]1CC[C@@H]2OC(=O)CCC1CCCC1. The molecule has 0 spiro atoms. The van der Waals surface area contributed by atoms with Crippen molar-refractivity contribution < 1.29 is 14.3 Å². The van der Waals surface area contributed by atoms with Crippen LogP contribution in [0.1, 0.15) is 104 Å². The Labute approximate surface area is 182 Å². The molecule has 0 aromatic heterocycles. The van der Waals surface area contributed by atoms with Gasteiger partial charge in [0.25, 0.3) is 0 Å². The highest BCUT2D eigenvalue weighted by atomic mass is 16.5. The molecule has 0 bridgehead atoms. The molecule has 166 valence electrons. The highest BCUT2D eigenvalue weighted by molar-refractivity contribution is 5.91. The zero-order valence-corrected chi connectivity index (χ0v) is 19.1. The summed E-state index contributed by atoms with van der Waals surface area (Å²) in [4.78, 5) is 24.7. The quantitative estimate of drug-likeness (QED) is 0.502. The Balaban J connectivity index is 1.25. The molecule has 0 radical (unpaired) electrons. The molecule has 6 atom stereocenters. The molecule has 3 nitrogen and oxygen atoms in total. The molecular formula is C27H40O3. The zero-order valence-electron chi connectivity index (χ0n) is 19.1. The van der Waals surface area contributed by atoms with Crippen LogP contribution in [0.4, 0.5) is 0 Å². The fourth-order valence-electron chi connectivity index (χ4n) is 8.54. The van der Waals surface area contributed by atoms with Gasteiger partial charge >= 0.3 is 5.97 Å². The standard InChI is InChI=1S/C27H40O3/c1-26-15-13-20(28)17-19(26)8-9-21-22-10-11-24(27(22,2)16-14-23(21)26)30-25(29)12-7-18-5-3-4-6-18/h17-18,21-24H,3-16H2,1-2H3/t21-,22+,23+,24-,26-,27-/m0/s1. The topological polar surface area (TPSA) is 43.4 Å². The van der Waals surface area contributed by atoms with E-state index in [0.29, 0.717) is 24.0 Å². The van der Waals surface area contributed by atoms with Crippen LogP contribution < -0.4 is 0 Å². The predicted molar refractivity (Wildman–Crippen MR) is 118 cm³/mol. The fraction of sp³-hybridized carbons (Fsp3) is 0.852. The Kier molecular flexibility index (Phi) is 5.39. The van der Waals surface area contributed by atoms with Crippen molar-refractivity contribution in [3.63, 3.8) is 0 Å². The summed E-state index contributed by atoms with van der Waals surface area (Å²) in [6, 6.07) is 0. The van der Waals surface area contributed by atoms with Crippen LogP contribution in [0.15, 0.2) is 11.6 Å². The number of carbonyl (C=O) groups excluding carboxylic acids is 2. The molecule has 5 rings (SSSR count). The highest BCUT2D eigenvalue weighted by Gasteiger charge is 2.59. The molecule has 0 aromatic rings. The molecule has 0 N–H and O–H groups in total. The van der Waals surface area contributed by atoms with Gasteiger partial charge in [-0.25, -0.2) is 0 Å². The fourth-order valence-corrected chi connectivity index (χ4v) is 8.54. The first-order chi connectivity index (χ1) is 14.4. The van der Waals surface area contributed by atoms with Gasteiger partial charge in [-0.3, -0.25) is 9.59 Å². The molecule has 30 heavy (non-hydrogen) atoms. The lowest BCUT2D eigenvalue weighted by Gasteiger charge is -2.57. The molecule has 0 aliphatic heterocycles.